The van der Waals surface area contributed by atoms with E-state index < -0.39 is 0 Å². The number of nitrogens with zero attached hydrogens (tertiary/aromatic N) is 2. The minimum absolute atomic E-state index is 0.225. The quantitative estimate of drug-likeness (QED) is 0.649. The third kappa shape index (κ3) is 4.70. The number of nitrogens with one attached hydrogen (secondary N) is 1. The molecule has 2 heterocycles. The van der Waals surface area contributed by atoms with Gasteiger partial charge in [-0.15, -0.1) is 0 Å². The summed E-state index contributed by atoms with van der Waals surface area (Å²) in [5.41, 5.74) is 3.76. The monoisotopic (exact) mass is 389 g/mol. The molecule has 0 radical (unpaired) electrons. The van der Waals surface area contributed by atoms with Crippen LogP contribution >= 0.6 is 0 Å². The Bertz CT molecular complexity index is 925. The standard InChI is InChI=1S/C25H31N3O/c1-2-27-14-16-28(17-15-27)25(29)18-21(13-12-20-8-4-3-5-9-20)23-19-26-24-11-7-6-10-22(23)24/h3-11,19,21,26H,2,12-18H2,1H3/t21-/m1/s1. The van der Waals surface area contributed by atoms with Crippen molar-refractivity contribution in [2.75, 3.05) is 32.7 Å². The molecule has 0 aliphatic carbocycles. The fourth-order valence-electron chi connectivity index (χ4n) is 4.44. The Hall–Kier alpha value is -2.59. The molecule has 1 fully saturated rings. The minimum Gasteiger partial charge on any atom is -0.361 e. The zero-order chi connectivity index (χ0) is 20.1. The molecule has 29 heavy (non-hydrogen) atoms. The van der Waals surface area contributed by atoms with Crippen LogP contribution in [0, 0.1) is 0 Å². The van der Waals surface area contributed by atoms with Gasteiger partial charge in [-0.3, -0.25) is 4.79 Å². The first-order valence-corrected chi connectivity index (χ1v) is 10.8. The Labute approximate surface area is 173 Å². The summed E-state index contributed by atoms with van der Waals surface area (Å²) in [6.45, 7) is 6.94. The van der Waals surface area contributed by atoms with Gasteiger partial charge in [0.2, 0.25) is 5.91 Å². The lowest BCUT2D eigenvalue weighted by Gasteiger charge is -2.34. The molecule has 0 saturated carbocycles. The number of amides is 1. The first-order valence-electron chi connectivity index (χ1n) is 10.8. The Kier molecular flexibility index (Phi) is 6.30. The predicted molar refractivity (Wildman–Crippen MR) is 119 cm³/mol. The van der Waals surface area contributed by atoms with Crippen LogP contribution in [0.1, 0.15) is 36.8 Å². The van der Waals surface area contributed by atoms with E-state index in [1.807, 2.05) is 0 Å². The molecule has 4 nitrogen and oxygen atoms in total. The van der Waals surface area contributed by atoms with Crippen LogP contribution in [0.3, 0.4) is 0 Å². The highest BCUT2D eigenvalue weighted by atomic mass is 16.2. The molecule has 1 saturated heterocycles. The Morgan fingerprint density at radius 2 is 1.72 bits per heavy atom. The minimum atomic E-state index is 0.225. The highest BCUT2D eigenvalue weighted by Crippen LogP contribution is 2.32. The van der Waals surface area contributed by atoms with Gasteiger partial charge in [0, 0.05) is 49.7 Å². The third-order valence-electron chi connectivity index (χ3n) is 6.28. The number of aromatic nitrogens is 1. The van der Waals surface area contributed by atoms with Crippen molar-refractivity contribution < 1.29 is 4.79 Å². The maximum absolute atomic E-state index is 13.1. The van der Waals surface area contributed by atoms with Crippen LogP contribution < -0.4 is 0 Å². The molecular formula is C25H31N3O. The Balaban J connectivity index is 1.51. The molecular weight excluding hydrogens is 358 g/mol. The van der Waals surface area contributed by atoms with E-state index in [2.05, 4.69) is 82.5 Å². The van der Waals surface area contributed by atoms with E-state index in [9.17, 15) is 4.79 Å². The van der Waals surface area contributed by atoms with Gasteiger partial charge >= 0.3 is 0 Å². The second-order valence-electron chi connectivity index (χ2n) is 8.03. The molecule has 1 aromatic heterocycles. The van der Waals surface area contributed by atoms with Gasteiger partial charge < -0.3 is 14.8 Å². The van der Waals surface area contributed by atoms with Gasteiger partial charge in [0.25, 0.3) is 0 Å². The SMILES string of the molecule is CCN1CCN(C(=O)C[C@@H](CCc2ccccc2)c2c[nH]c3ccccc23)CC1. The maximum Gasteiger partial charge on any atom is 0.223 e. The molecule has 1 amide bonds. The predicted octanol–water partition coefficient (Wildman–Crippen LogP) is 4.44. The molecule has 152 valence electrons. The molecule has 4 heteroatoms. The molecule has 0 bridgehead atoms. The number of aromatic amines is 1. The number of benzene rings is 2. The largest absolute Gasteiger partial charge is 0.361 e. The van der Waals surface area contributed by atoms with Gasteiger partial charge in [-0.2, -0.15) is 0 Å². The van der Waals surface area contributed by atoms with E-state index in [1.165, 1.54) is 16.5 Å². The highest BCUT2D eigenvalue weighted by Gasteiger charge is 2.25. The fraction of sp³-hybridized carbons (Fsp3) is 0.400. The number of rotatable bonds is 7. The summed E-state index contributed by atoms with van der Waals surface area (Å²) in [4.78, 5) is 21.0. The van der Waals surface area contributed by atoms with E-state index in [1.54, 1.807) is 0 Å². The summed E-state index contributed by atoms with van der Waals surface area (Å²) in [6, 6.07) is 19.0. The van der Waals surface area contributed by atoms with Crippen LogP contribution in [0.2, 0.25) is 0 Å². The van der Waals surface area contributed by atoms with Crippen molar-refractivity contribution in [1.29, 1.82) is 0 Å². The van der Waals surface area contributed by atoms with Crippen molar-refractivity contribution >= 4 is 16.8 Å². The molecule has 1 aliphatic rings. The number of piperazine rings is 1. The molecule has 1 aliphatic heterocycles. The lowest BCUT2D eigenvalue weighted by atomic mass is 9.89. The number of likely N-dealkylation sites (N-methyl/N-ethyl adjacent to an activating group) is 1. The first kappa shape index (κ1) is 19.7. The zero-order valence-electron chi connectivity index (χ0n) is 17.3. The van der Waals surface area contributed by atoms with Crippen LogP contribution in [0.25, 0.3) is 10.9 Å². The van der Waals surface area contributed by atoms with Crippen LogP contribution in [-0.4, -0.2) is 53.4 Å². The van der Waals surface area contributed by atoms with Crippen molar-refractivity contribution in [2.24, 2.45) is 0 Å². The Morgan fingerprint density at radius 1 is 1.00 bits per heavy atom. The number of para-hydroxylation sites is 1. The van der Waals surface area contributed by atoms with Crippen molar-refractivity contribution in [3.05, 3.63) is 71.9 Å². The number of carbonyl (C=O) groups excluding carboxylic acids is 1. The second kappa shape index (κ2) is 9.27. The molecule has 1 N–H and O–H groups in total. The van der Waals surface area contributed by atoms with Crippen LogP contribution in [-0.2, 0) is 11.2 Å². The van der Waals surface area contributed by atoms with Crippen molar-refractivity contribution in [2.45, 2.75) is 32.1 Å². The van der Waals surface area contributed by atoms with E-state index in [0.717, 1.165) is 51.1 Å². The smallest absolute Gasteiger partial charge is 0.223 e. The summed E-state index contributed by atoms with van der Waals surface area (Å²) in [5.74, 6) is 0.521. The molecule has 3 aromatic rings. The number of H-pyrrole nitrogens is 1. The Morgan fingerprint density at radius 3 is 2.48 bits per heavy atom. The van der Waals surface area contributed by atoms with E-state index in [4.69, 9.17) is 0 Å². The fourth-order valence-corrected chi connectivity index (χ4v) is 4.44. The van der Waals surface area contributed by atoms with Gasteiger partial charge in [-0.25, -0.2) is 0 Å². The third-order valence-corrected chi connectivity index (χ3v) is 6.28. The van der Waals surface area contributed by atoms with E-state index >= 15 is 0 Å². The average molecular weight is 390 g/mol. The summed E-state index contributed by atoms with van der Waals surface area (Å²) in [6.07, 6.45) is 4.66. The summed E-state index contributed by atoms with van der Waals surface area (Å²) in [5, 5.41) is 1.24. The van der Waals surface area contributed by atoms with Crippen LogP contribution in [0.5, 0.6) is 0 Å². The van der Waals surface area contributed by atoms with Crippen molar-refractivity contribution in [1.82, 2.24) is 14.8 Å². The zero-order valence-corrected chi connectivity index (χ0v) is 17.3. The topological polar surface area (TPSA) is 39.3 Å². The summed E-state index contributed by atoms with van der Waals surface area (Å²) in [7, 11) is 0. The van der Waals surface area contributed by atoms with Crippen molar-refractivity contribution in [3.8, 4) is 0 Å². The van der Waals surface area contributed by atoms with Gasteiger partial charge in [0.1, 0.15) is 0 Å². The van der Waals surface area contributed by atoms with E-state index in [-0.39, 0.29) is 5.92 Å². The second-order valence-corrected chi connectivity index (χ2v) is 8.03. The average Bonchev–Trinajstić information content (AvgIpc) is 3.21. The lowest BCUT2D eigenvalue weighted by molar-refractivity contribution is -0.133. The number of hydrogen-bond acceptors (Lipinski definition) is 2. The van der Waals surface area contributed by atoms with Gasteiger partial charge in [0.15, 0.2) is 0 Å². The number of carbonyl (C=O) groups is 1. The molecule has 0 spiro atoms. The maximum atomic E-state index is 13.1. The normalized spacial score (nSPS) is 16.2. The molecule has 0 unspecified atom stereocenters. The summed E-state index contributed by atoms with van der Waals surface area (Å²) < 4.78 is 0. The highest BCUT2D eigenvalue weighted by molar-refractivity contribution is 5.85. The number of fused-ring (bicyclic) bond motifs is 1. The first-order chi connectivity index (χ1) is 14.2. The number of aryl methyl sites for hydroxylation is 1. The molecule has 1 atom stereocenters. The van der Waals surface area contributed by atoms with Gasteiger partial charge in [0.05, 0.1) is 0 Å². The van der Waals surface area contributed by atoms with E-state index in [0.29, 0.717) is 12.3 Å². The molecule has 2 aromatic carbocycles. The van der Waals surface area contributed by atoms with Crippen molar-refractivity contribution in [3.63, 3.8) is 0 Å². The lowest BCUT2D eigenvalue weighted by Crippen LogP contribution is -2.48. The van der Waals surface area contributed by atoms with Crippen LogP contribution in [0.4, 0.5) is 0 Å². The summed E-state index contributed by atoms with van der Waals surface area (Å²) >= 11 is 0. The van der Waals surface area contributed by atoms with Crippen LogP contribution in [0.15, 0.2) is 60.8 Å². The van der Waals surface area contributed by atoms with Gasteiger partial charge in [-0.1, -0.05) is 55.5 Å². The van der Waals surface area contributed by atoms with Gasteiger partial charge in [-0.05, 0) is 42.5 Å². The number of hydrogen-bond donors (Lipinski definition) is 1. The molecule has 4 rings (SSSR count).